The Labute approximate surface area is 146 Å². The Morgan fingerprint density at radius 1 is 1.28 bits per heavy atom. The Morgan fingerprint density at radius 2 is 2.04 bits per heavy atom. The summed E-state index contributed by atoms with van der Waals surface area (Å²) in [5, 5.41) is 9.31. The highest BCUT2D eigenvalue weighted by molar-refractivity contribution is 5.97. The quantitative estimate of drug-likeness (QED) is 0.768. The van der Waals surface area contributed by atoms with Gasteiger partial charge in [0.25, 0.3) is 5.91 Å². The Bertz CT molecular complexity index is 722. The smallest absolute Gasteiger partial charge is 0.258 e. The number of amides is 1. The number of ether oxygens (including phenoxy) is 1. The van der Waals surface area contributed by atoms with Crippen molar-refractivity contribution in [3.63, 3.8) is 0 Å². The fraction of sp³-hybridized carbons (Fsp3) is 0.316. The zero-order valence-electron chi connectivity index (χ0n) is 14.2. The van der Waals surface area contributed by atoms with Gasteiger partial charge >= 0.3 is 0 Å². The van der Waals surface area contributed by atoms with Crippen LogP contribution in [-0.2, 0) is 6.54 Å². The van der Waals surface area contributed by atoms with Crippen LogP contribution in [0.2, 0.25) is 0 Å². The molecular weight excluding hydrogens is 323 g/mol. The van der Waals surface area contributed by atoms with Crippen molar-refractivity contribution in [1.82, 2.24) is 4.90 Å². The van der Waals surface area contributed by atoms with Gasteiger partial charge in [0.15, 0.2) is 0 Å². The summed E-state index contributed by atoms with van der Waals surface area (Å²) in [4.78, 5) is 14.4. The van der Waals surface area contributed by atoms with E-state index in [1.807, 2.05) is 13.0 Å². The molecule has 2 rings (SSSR count). The van der Waals surface area contributed by atoms with Crippen molar-refractivity contribution in [3.8, 4) is 5.75 Å². The second-order valence-electron chi connectivity index (χ2n) is 5.68. The van der Waals surface area contributed by atoms with Gasteiger partial charge in [-0.2, -0.15) is 0 Å². The molecule has 0 fully saturated rings. The number of halogens is 1. The summed E-state index contributed by atoms with van der Waals surface area (Å²) in [6, 6.07) is 11.6. The van der Waals surface area contributed by atoms with Gasteiger partial charge in [0, 0.05) is 25.2 Å². The predicted molar refractivity (Wildman–Crippen MR) is 94.0 cm³/mol. The fourth-order valence-electron chi connectivity index (χ4n) is 2.48. The van der Waals surface area contributed by atoms with E-state index in [1.165, 1.54) is 11.0 Å². The standard InChI is InChI=1S/C19H23FN2O3/c1-14-6-7-18(25-11-8-21)16(12-14)19(24)22(9-10-23)13-15-4-2-3-5-17(15)20/h2-7,12,23H,8-11,13,21H2,1H3. The van der Waals surface area contributed by atoms with Crippen molar-refractivity contribution in [2.24, 2.45) is 5.73 Å². The van der Waals surface area contributed by atoms with Gasteiger partial charge in [0.05, 0.1) is 12.2 Å². The van der Waals surface area contributed by atoms with Crippen molar-refractivity contribution >= 4 is 5.91 Å². The first-order chi connectivity index (χ1) is 12.1. The van der Waals surface area contributed by atoms with E-state index < -0.39 is 0 Å². The number of aliphatic hydroxyl groups excluding tert-OH is 1. The normalized spacial score (nSPS) is 10.6. The molecule has 0 saturated heterocycles. The first-order valence-electron chi connectivity index (χ1n) is 8.14. The van der Waals surface area contributed by atoms with E-state index >= 15 is 0 Å². The molecule has 25 heavy (non-hydrogen) atoms. The highest BCUT2D eigenvalue weighted by Gasteiger charge is 2.21. The molecular formula is C19H23FN2O3. The van der Waals surface area contributed by atoms with Gasteiger partial charge in [-0.05, 0) is 25.1 Å². The lowest BCUT2D eigenvalue weighted by Crippen LogP contribution is -2.33. The lowest BCUT2D eigenvalue weighted by atomic mass is 10.1. The Kier molecular flexibility index (Phi) is 6.91. The fourth-order valence-corrected chi connectivity index (χ4v) is 2.48. The maximum atomic E-state index is 13.9. The molecule has 2 aromatic rings. The van der Waals surface area contributed by atoms with E-state index in [9.17, 15) is 14.3 Å². The molecule has 0 unspecified atom stereocenters. The van der Waals surface area contributed by atoms with Crippen molar-refractivity contribution in [3.05, 3.63) is 65.0 Å². The summed E-state index contributed by atoms with van der Waals surface area (Å²) < 4.78 is 19.5. The monoisotopic (exact) mass is 346 g/mol. The van der Waals surface area contributed by atoms with Gasteiger partial charge in [-0.25, -0.2) is 4.39 Å². The van der Waals surface area contributed by atoms with Crippen LogP contribution in [0.3, 0.4) is 0 Å². The minimum atomic E-state index is -0.387. The van der Waals surface area contributed by atoms with Crippen LogP contribution in [0.4, 0.5) is 4.39 Å². The van der Waals surface area contributed by atoms with E-state index in [4.69, 9.17) is 10.5 Å². The van der Waals surface area contributed by atoms with Gasteiger partial charge in [-0.1, -0.05) is 29.8 Å². The van der Waals surface area contributed by atoms with Gasteiger partial charge in [0.2, 0.25) is 0 Å². The van der Waals surface area contributed by atoms with Crippen molar-refractivity contribution in [1.29, 1.82) is 0 Å². The van der Waals surface area contributed by atoms with Crippen LogP contribution < -0.4 is 10.5 Å². The molecule has 6 heteroatoms. The van der Waals surface area contributed by atoms with Gasteiger partial charge in [-0.15, -0.1) is 0 Å². The van der Waals surface area contributed by atoms with E-state index in [-0.39, 0.29) is 38.0 Å². The zero-order chi connectivity index (χ0) is 18.2. The molecule has 3 N–H and O–H groups in total. The Balaban J connectivity index is 2.30. The number of hydrogen-bond donors (Lipinski definition) is 2. The first kappa shape index (κ1) is 18.9. The molecule has 0 aliphatic carbocycles. The van der Waals surface area contributed by atoms with Crippen LogP contribution >= 0.6 is 0 Å². The number of rotatable bonds is 8. The second-order valence-corrected chi connectivity index (χ2v) is 5.68. The third-order valence-electron chi connectivity index (χ3n) is 3.72. The average molecular weight is 346 g/mol. The molecule has 0 bridgehead atoms. The number of aliphatic hydroxyl groups is 1. The zero-order valence-corrected chi connectivity index (χ0v) is 14.2. The van der Waals surface area contributed by atoms with Crippen molar-refractivity contribution in [2.45, 2.75) is 13.5 Å². The molecule has 0 aliphatic rings. The molecule has 5 nitrogen and oxygen atoms in total. The Morgan fingerprint density at radius 3 is 2.72 bits per heavy atom. The molecule has 134 valence electrons. The van der Waals surface area contributed by atoms with Crippen LogP contribution in [-0.4, -0.2) is 42.2 Å². The number of nitrogens with zero attached hydrogens (tertiary/aromatic N) is 1. The third kappa shape index (κ3) is 5.01. The Hall–Kier alpha value is -2.44. The second kappa shape index (κ2) is 9.15. The third-order valence-corrected chi connectivity index (χ3v) is 3.72. The number of hydrogen-bond acceptors (Lipinski definition) is 4. The predicted octanol–water partition coefficient (Wildman–Crippen LogP) is 2.11. The molecule has 0 radical (unpaired) electrons. The molecule has 0 spiro atoms. The topological polar surface area (TPSA) is 75.8 Å². The molecule has 1 amide bonds. The number of carbonyl (C=O) groups is 1. The SMILES string of the molecule is Cc1ccc(OCCN)c(C(=O)N(CCO)Cc2ccccc2F)c1. The average Bonchev–Trinajstić information content (AvgIpc) is 2.61. The summed E-state index contributed by atoms with van der Waals surface area (Å²) in [6.45, 7) is 2.43. The van der Waals surface area contributed by atoms with Crippen molar-refractivity contribution in [2.75, 3.05) is 26.3 Å². The highest BCUT2D eigenvalue weighted by atomic mass is 19.1. The number of nitrogens with two attached hydrogens (primary N) is 1. The summed E-state index contributed by atoms with van der Waals surface area (Å²) >= 11 is 0. The highest BCUT2D eigenvalue weighted by Crippen LogP contribution is 2.23. The molecule has 0 saturated carbocycles. The van der Waals surface area contributed by atoms with Crippen LogP contribution in [0.5, 0.6) is 5.75 Å². The summed E-state index contributed by atoms with van der Waals surface area (Å²) in [7, 11) is 0. The van der Waals surface area contributed by atoms with Gasteiger partial charge in [-0.3, -0.25) is 4.79 Å². The van der Waals surface area contributed by atoms with Crippen LogP contribution in [0, 0.1) is 12.7 Å². The van der Waals surface area contributed by atoms with E-state index in [1.54, 1.807) is 30.3 Å². The van der Waals surface area contributed by atoms with E-state index in [0.29, 0.717) is 23.4 Å². The van der Waals surface area contributed by atoms with E-state index in [2.05, 4.69) is 0 Å². The molecule has 0 heterocycles. The lowest BCUT2D eigenvalue weighted by molar-refractivity contribution is 0.0701. The lowest BCUT2D eigenvalue weighted by Gasteiger charge is -2.23. The summed E-state index contributed by atoms with van der Waals surface area (Å²) in [5.41, 5.74) is 7.13. The minimum absolute atomic E-state index is 0.0658. The van der Waals surface area contributed by atoms with Crippen molar-refractivity contribution < 1.29 is 19.0 Å². The minimum Gasteiger partial charge on any atom is -0.491 e. The number of carbonyl (C=O) groups excluding carboxylic acids is 1. The van der Waals surface area contributed by atoms with Crippen LogP contribution in [0.25, 0.3) is 0 Å². The largest absolute Gasteiger partial charge is 0.491 e. The molecule has 2 aromatic carbocycles. The van der Waals surface area contributed by atoms with E-state index in [0.717, 1.165) is 5.56 Å². The number of aryl methyl sites for hydroxylation is 1. The maximum absolute atomic E-state index is 13.9. The molecule has 0 aliphatic heterocycles. The summed E-state index contributed by atoms with van der Waals surface area (Å²) in [5.74, 6) is -0.285. The maximum Gasteiger partial charge on any atom is 0.258 e. The number of benzene rings is 2. The van der Waals surface area contributed by atoms with Gasteiger partial charge < -0.3 is 20.5 Å². The first-order valence-corrected chi connectivity index (χ1v) is 8.14. The molecule has 0 atom stereocenters. The van der Waals surface area contributed by atoms with Crippen LogP contribution in [0.15, 0.2) is 42.5 Å². The summed E-state index contributed by atoms with van der Waals surface area (Å²) in [6.07, 6.45) is 0. The van der Waals surface area contributed by atoms with Crippen LogP contribution in [0.1, 0.15) is 21.5 Å². The molecule has 0 aromatic heterocycles. The van der Waals surface area contributed by atoms with Gasteiger partial charge in [0.1, 0.15) is 18.2 Å².